The minimum Gasteiger partial charge on any atom is -0.367 e. The van der Waals surface area contributed by atoms with Crippen LogP contribution in [0.4, 0.5) is 17.3 Å². The van der Waals surface area contributed by atoms with Crippen molar-refractivity contribution in [3.05, 3.63) is 16.4 Å². The number of anilines is 2. The van der Waals surface area contributed by atoms with Crippen molar-refractivity contribution < 1.29 is 4.92 Å². The predicted octanol–water partition coefficient (Wildman–Crippen LogP) is 2.83. The zero-order chi connectivity index (χ0) is 15.2. The van der Waals surface area contributed by atoms with E-state index in [-0.39, 0.29) is 11.5 Å². The summed E-state index contributed by atoms with van der Waals surface area (Å²) in [4.78, 5) is 21.1. The second kappa shape index (κ2) is 7.19. The fraction of sp³-hybridized carbons (Fsp3) is 0.714. The lowest BCUT2D eigenvalue weighted by Gasteiger charge is -2.21. The van der Waals surface area contributed by atoms with Crippen LogP contribution in [0, 0.1) is 16.0 Å². The molecule has 1 N–H and O–H groups in total. The number of nitro groups is 1. The van der Waals surface area contributed by atoms with Gasteiger partial charge < -0.3 is 10.2 Å². The van der Waals surface area contributed by atoms with Crippen molar-refractivity contribution >= 4 is 17.3 Å². The maximum absolute atomic E-state index is 11.4. The van der Waals surface area contributed by atoms with Gasteiger partial charge in [-0.25, -0.2) is 9.97 Å². The fourth-order valence-electron chi connectivity index (χ4n) is 3.03. The molecule has 7 nitrogen and oxygen atoms in total. The van der Waals surface area contributed by atoms with E-state index >= 15 is 0 Å². The molecule has 2 rings (SSSR count). The van der Waals surface area contributed by atoms with E-state index in [1.165, 1.54) is 25.6 Å². The molecule has 1 aromatic heterocycles. The first-order valence-corrected chi connectivity index (χ1v) is 7.59. The standard InChI is InChI=1S/C14H23N5O2/c1-3-5-11-6-4-8-18(9-7-11)14-12(19(20)21)13(15-2)16-10-17-14/h10-11H,3-9H2,1-2H3,(H,15,16,17). The smallest absolute Gasteiger partial charge is 0.353 e. The Morgan fingerprint density at radius 3 is 2.90 bits per heavy atom. The first kappa shape index (κ1) is 15.5. The molecule has 7 heteroatoms. The number of hydrogen-bond acceptors (Lipinski definition) is 6. The Morgan fingerprint density at radius 1 is 1.43 bits per heavy atom. The Morgan fingerprint density at radius 2 is 2.24 bits per heavy atom. The quantitative estimate of drug-likeness (QED) is 0.664. The van der Waals surface area contributed by atoms with Gasteiger partial charge in [-0.1, -0.05) is 19.8 Å². The van der Waals surface area contributed by atoms with Gasteiger partial charge in [0.1, 0.15) is 6.33 Å². The van der Waals surface area contributed by atoms with E-state index < -0.39 is 4.92 Å². The molecule has 116 valence electrons. The molecule has 0 saturated carbocycles. The van der Waals surface area contributed by atoms with Crippen molar-refractivity contribution in [2.24, 2.45) is 5.92 Å². The van der Waals surface area contributed by atoms with E-state index in [9.17, 15) is 10.1 Å². The Kier molecular flexibility index (Phi) is 5.30. The van der Waals surface area contributed by atoms with Crippen molar-refractivity contribution in [2.75, 3.05) is 30.4 Å². The molecule has 1 aromatic rings. The second-order valence-electron chi connectivity index (χ2n) is 5.47. The number of nitrogens with zero attached hydrogens (tertiary/aromatic N) is 4. The SMILES string of the molecule is CCCC1CCCN(c2ncnc(NC)c2[N+](=O)[O-])CC1. The molecular formula is C14H23N5O2. The van der Waals surface area contributed by atoms with E-state index in [0.29, 0.717) is 5.82 Å². The van der Waals surface area contributed by atoms with Crippen LogP contribution in [0.25, 0.3) is 0 Å². The summed E-state index contributed by atoms with van der Waals surface area (Å²) < 4.78 is 0. The maximum atomic E-state index is 11.4. The summed E-state index contributed by atoms with van der Waals surface area (Å²) in [7, 11) is 1.64. The van der Waals surface area contributed by atoms with Crippen molar-refractivity contribution in [1.82, 2.24) is 9.97 Å². The van der Waals surface area contributed by atoms with Gasteiger partial charge in [-0.3, -0.25) is 10.1 Å². The zero-order valence-electron chi connectivity index (χ0n) is 12.7. The molecule has 1 unspecified atom stereocenters. The molecule has 0 radical (unpaired) electrons. The van der Waals surface area contributed by atoms with Gasteiger partial charge >= 0.3 is 5.69 Å². The minimum absolute atomic E-state index is 0.0195. The largest absolute Gasteiger partial charge is 0.367 e. The molecule has 0 aliphatic carbocycles. The summed E-state index contributed by atoms with van der Waals surface area (Å²) in [6.45, 7) is 3.85. The summed E-state index contributed by atoms with van der Waals surface area (Å²) in [5.41, 5.74) is -0.0195. The maximum Gasteiger partial charge on any atom is 0.353 e. The Labute approximate surface area is 124 Å². The van der Waals surface area contributed by atoms with Crippen LogP contribution in [-0.4, -0.2) is 35.0 Å². The molecule has 1 atom stereocenters. The van der Waals surface area contributed by atoms with E-state index in [0.717, 1.165) is 31.8 Å². The molecule has 1 aliphatic rings. The van der Waals surface area contributed by atoms with Gasteiger partial charge in [0, 0.05) is 20.1 Å². The molecule has 1 aliphatic heterocycles. The zero-order valence-corrected chi connectivity index (χ0v) is 12.7. The molecular weight excluding hydrogens is 270 g/mol. The third kappa shape index (κ3) is 3.59. The topological polar surface area (TPSA) is 84.2 Å². The molecule has 0 aromatic carbocycles. The normalized spacial score (nSPS) is 19.1. The Balaban J connectivity index is 2.23. The van der Waals surface area contributed by atoms with Crippen molar-refractivity contribution in [3.63, 3.8) is 0 Å². The molecule has 0 amide bonds. The Bertz CT molecular complexity index is 494. The van der Waals surface area contributed by atoms with Crippen LogP contribution in [0.1, 0.15) is 39.0 Å². The van der Waals surface area contributed by atoms with Crippen LogP contribution in [0.2, 0.25) is 0 Å². The predicted molar refractivity (Wildman–Crippen MR) is 82.7 cm³/mol. The van der Waals surface area contributed by atoms with Crippen LogP contribution >= 0.6 is 0 Å². The number of hydrogen-bond donors (Lipinski definition) is 1. The average Bonchev–Trinajstić information content (AvgIpc) is 2.72. The van der Waals surface area contributed by atoms with Crippen LogP contribution in [-0.2, 0) is 0 Å². The van der Waals surface area contributed by atoms with Gasteiger partial charge in [-0.2, -0.15) is 0 Å². The fourth-order valence-corrected chi connectivity index (χ4v) is 3.03. The third-order valence-electron chi connectivity index (χ3n) is 4.07. The van der Waals surface area contributed by atoms with Crippen LogP contribution in [0.5, 0.6) is 0 Å². The molecule has 1 saturated heterocycles. The monoisotopic (exact) mass is 293 g/mol. The van der Waals surface area contributed by atoms with E-state index in [4.69, 9.17) is 0 Å². The highest BCUT2D eigenvalue weighted by Crippen LogP contribution is 2.33. The third-order valence-corrected chi connectivity index (χ3v) is 4.07. The summed E-state index contributed by atoms with van der Waals surface area (Å²) in [6.07, 6.45) is 7.15. The van der Waals surface area contributed by atoms with E-state index in [2.05, 4.69) is 22.2 Å². The lowest BCUT2D eigenvalue weighted by molar-refractivity contribution is -0.383. The lowest BCUT2D eigenvalue weighted by Crippen LogP contribution is -2.26. The number of rotatable bonds is 5. The van der Waals surface area contributed by atoms with Crippen molar-refractivity contribution in [3.8, 4) is 0 Å². The van der Waals surface area contributed by atoms with Gasteiger partial charge in [0.05, 0.1) is 4.92 Å². The van der Waals surface area contributed by atoms with E-state index in [1.807, 2.05) is 4.90 Å². The highest BCUT2D eigenvalue weighted by molar-refractivity contribution is 5.70. The highest BCUT2D eigenvalue weighted by Gasteiger charge is 2.28. The molecule has 0 bridgehead atoms. The van der Waals surface area contributed by atoms with Crippen LogP contribution < -0.4 is 10.2 Å². The van der Waals surface area contributed by atoms with Crippen molar-refractivity contribution in [1.29, 1.82) is 0 Å². The highest BCUT2D eigenvalue weighted by atomic mass is 16.6. The van der Waals surface area contributed by atoms with Crippen LogP contribution in [0.3, 0.4) is 0 Å². The summed E-state index contributed by atoms with van der Waals surface area (Å²) in [5.74, 6) is 1.44. The summed E-state index contributed by atoms with van der Waals surface area (Å²) in [6, 6.07) is 0. The number of nitrogens with one attached hydrogen (secondary N) is 1. The molecule has 2 heterocycles. The van der Waals surface area contributed by atoms with Crippen LogP contribution in [0.15, 0.2) is 6.33 Å². The first-order valence-electron chi connectivity index (χ1n) is 7.59. The van der Waals surface area contributed by atoms with E-state index in [1.54, 1.807) is 7.05 Å². The molecule has 0 spiro atoms. The minimum atomic E-state index is -0.393. The lowest BCUT2D eigenvalue weighted by atomic mass is 9.96. The van der Waals surface area contributed by atoms with Gasteiger partial charge in [0.15, 0.2) is 0 Å². The molecule has 1 fully saturated rings. The van der Waals surface area contributed by atoms with Crippen molar-refractivity contribution in [2.45, 2.75) is 39.0 Å². The number of aromatic nitrogens is 2. The second-order valence-corrected chi connectivity index (χ2v) is 5.47. The van der Waals surface area contributed by atoms with Gasteiger partial charge in [0.2, 0.25) is 11.6 Å². The summed E-state index contributed by atoms with van der Waals surface area (Å²) >= 11 is 0. The van der Waals surface area contributed by atoms with Gasteiger partial charge in [0.25, 0.3) is 0 Å². The summed E-state index contributed by atoms with van der Waals surface area (Å²) in [5, 5.41) is 14.1. The molecule has 21 heavy (non-hydrogen) atoms. The van der Waals surface area contributed by atoms with Gasteiger partial charge in [-0.05, 0) is 25.2 Å². The average molecular weight is 293 g/mol. The Hall–Kier alpha value is -1.92. The van der Waals surface area contributed by atoms with Gasteiger partial charge in [-0.15, -0.1) is 0 Å². The first-order chi connectivity index (χ1) is 10.2.